The highest BCUT2D eigenvalue weighted by Crippen LogP contribution is 2.12. The predicted molar refractivity (Wildman–Crippen MR) is 51.6 cm³/mol. The minimum atomic E-state index is 0.673. The molecule has 14 heavy (non-hydrogen) atoms. The maximum Gasteiger partial charge on any atom is 0.120 e. The van der Waals surface area contributed by atoms with Gasteiger partial charge in [-0.2, -0.15) is 5.26 Å². The summed E-state index contributed by atoms with van der Waals surface area (Å²) in [6, 6.07) is 9.69. The molecule has 0 bridgehead atoms. The highest BCUT2D eigenvalue weighted by atomic mass is 16.3. The first-order valence-corrected chi connectivity index (χ1v) is 4.38. The summed E-state index contributed by atoms with van der Waals surface area (Å²) in [4.78, 5) is 0. The van der Waals surface area contributed by atoms with E-state index in [1.165, 1.54) is 0 Å². The largest absolute Gasteiger partial charge is 0.469 e. The zero-order chi connectivity index (χ0) is 9.97. The molecule has 0 aliphatic rings. The third-order valence-electron chi connectivity index (χ3n) is 2.28. The summed E-state index contributed by atoms with van der Waals surface area (Å²) in [6.45, 7) is 0. The van der Waals surface area contributed by atoms with Gasteiger partial charge >= 0.3 is 0 Å². The molecule has 0 N–H and O–H groups in total. The first-order valence-electron chi connectivity index (χ1n) is 4.38. The minimum Gasteiger partial charge on any atom is -0.469 e. The molecule has 3 heteroatoms. The maximum atomic E-state index is 8.76. The molecule has 0 fully saturated rings. The van der Waals surface area contributed by atoms with Gasteiger partial charge in [0.05, 0.1) is 6.26 Å². The molecule has 0 atom stereocenters. The van der Waals surface area contributed by atoms with E-state index in [4.69, 9.17) is 9.68 Å². The summed E-state index contributed by atoms with van der Waals surface area (Å²) >= 11 is 0. The van der Waals surface area contributed by atoms with Crippen LogP contribution in [0.1, 0.15) is 17.1 Å². The van der Waals surface area contributed by atoms with Crippen molar-refractivity contribution in [3.8, 4) is 6.07 Å². The molecule has 0 aliphatic heterocycles. The second-order valence-electron chi connectivity index (χ2n) is 3.14. The van der Waals surface area contributed by atoms with Crippen molar-refractivity contribution in [2.75, 3.05) is 0 Å². The lowest BCUT2D eigenvalue weighted by Gasteiger charge is -2.01. The van der Waals surface area contributed by atoms with Crippen molar-refractivity contribution in [2.45, 2.75) is 6.42 Å². The number of hydrogen-bond acceptors (Lipinski definition) is 2. The smallest absolute Gasteiger partial charge is 0.120 e. The average molecular weight is 186 g/mol. The molecule has 2 aromatic rings. The number of nitrogens with zero attached hydrogens (tertiary/aromatic N) is 2. The van der Waals surface area contributed by atoms with Crippen LogP contribution in [0.5, 0.6) is 0 Å². The highest BCUT2D eigenvalue weighted by Gasteiger charge is 2.05. The van der Waals surface area contributed by atoms with Crippen LogP contribution in [0.4, 0.5) is 0 Å². The summed E-state index contributed by atoms with van der Waals surface area (Å²) in [6.07, 6.45) is 2.38. The summed E-state index contributed by atoms with van der Waals surface area (Å²) in [5.41, 5.74) is 1.75. The Bertz CT molecular complexity index is 460. The van der Waals surface area contributed by atoms with Crippen molar-refractivity contribution < 1.29 is 4.42 Å². The molecule has 2 rings (SSSR count). The number of nitriles is 1. The number of rotatable bonds is 2. The quantitative estimate of drug-likeness (QED) is 0.720. The van der Waals surface area contributed by atoms with Crippen LogP contribution in [0.2, 0.25) is 0 Å². The Morgan fingerprint density at radius 1 is 1.43 bits per heavy atom. The van der Waals surface area contributed by atoms with Gasteiger partial charge in [0.1, 0.15) is 17.5 Å². The van der Waals surface area contributed by atoms with Crippen molar-refractivity contribution in [1.82, 2.24) is 4.57 Å². The van der Waals surface area contributed by atoms with E-state index in [1.807, 2.05) is 35.9 Å². The minimum absolute atomic E-state index is 0.673. The second-order valence-corrected chi connectivity index (χ2v) is 3.14. The SMILES string of the molecule is Cn1c(C#N)ccc1Cc1ccco1. The van der Waals surface area contributed by atoms with Gasteiger partial charge in [0, 0.05) is 19.2 Å². The van der Waals surface area contributed by atoms with E-state index < -0.39 is 0 Å². The van der Waals surface area contributed by atoms with Gasteiger partial charge in [-0.15, -0.1) is 0 Å². The predicted octanol–water partition coefficient (Wildman–Crippen LogP) is 2.08. The topological polar surface area (TPSA) is 41.9 Å². The van der Waals surface area contributed by atoms with Crippen molar-refractivity contribution in [3.63, 3.8) is 0 Å². The Labute approximate surface area is 82.2 Å². The molecule has 0 spiro atoms. The van der Waals surface area contributed by atoms with E-state index in [0.29, 0.717) is 5.69 Å². The molecule has 0 aliphatic carbocycles. The highest BCUT2D eigenvalue weighted by molar-refractivity contribution is 5.28. The van der Waals surface area contributed by atoms with Gasteiger partial charge < -0.3 is 8.98 Å². The van der Waals surface area contributed by atoms with E-state index in [0.717, 1.165) is 17.9 Å². The molecule has 2 aromatic heterocycles. The van der Waals surface area contributed by atoms with Crippen molar-refractivity contribution in [1.29, 1.82) is 5.26 Å². The van der Waals surface area contributed by atoms with Gasteiger partial charge in [-0.1, -0.05) is 0 Å². The normalized spacial score (nSPS) is 10.0. The molecular weight excluding hydrogens is 176 g/mol. The monoisotopic (exact) mass is 186 g/mol. The molecule has 3 nitrogen and oxygen atoms in total. The first kappa shape index (κ1) is 8.64. The zero-order valence-corrected chi connectivity index (χ0v) is 7.90. The van der Waals surface area contributed by atoms with Crippen LogP contribution in [0.25, 0.3) is 0 Å². The van der Waals surface area contributed by atoms with Crippen LogP contribution >= 0.6 is 0 Å². The Hall–Kier alpha value is -1.95. The number of hydrogen-bond donors (Lipinski definition) is 0. The summed E-state index contributed by atoms with van der Waals surface area (Å²) < 4.78 is 7.12. The Morgan fingerprint density at radius 3 is 2.86 bits per heavy atom. The third kappa shape index (κ3) is 1.42. The van der Waals surface area contributed by atoms with Crippen LogP contribution in [0, 0.1) is 11.3 Å². The average Bonchev–Trinajstić information content (AvgIpc) is 2.79. The van der Waals surface area contributed by atoms with Gasteiger partial charge in [0.15, 0.2) is 0 Å². The Balaban J connectivity index is 2.27. The van der Waals surface area contributed by atoms with Crippen LogP contribution in [0.15, 0.2) is 34.9 Å². The van der Waals surface area contributed by atoms with Gasteiger partial charge in [-0.05, 0) is 24.3 Å². The van der Waals surface area contributed by atoms with E-state index >= 15 is 0 Å². The lowest BCUT2D eigenvalue weighted by molar-refractivity contribution is 0.516. The van der Waals surface area contributed by atoms with Gasteiger partial charge in [-0.3, -0.25) is 0 Å². The van der Waals surface area contributed by atoms with Crippen LogP contribution in [-0.2, 0) is 13.5 Å². The van der Waals surface area contributed by atoms with Crippen LogP contribution < -0.4 is 0 Å². The van der Waals surface area contributed by atoms with Gasteiger partial charge in [0.2, 0.25) is 0 Å². The van der Waals surface area contributed by atoms with E-state index in [2.05, 4.69) is 6.07 Å². The van der Waals surface area contributed by atoms with Crippen LogP contribution in [-0.4, -0.2) is 4.57 Å². The van der Waals surface area contributed by atoms with Gasteiger partial charge in [-0.25, -0.2) is 0 Å². The summed E-state index contributed by atoms with van der Waals surface area (Å²) in [5.74, 6) is 0.913. The van der Waals surface area contributed by atoms with E-state index in [1.54, 1.807) is 6.26 Å². The van der Waals surface area contributed by atoms with E-state index in [-0.39, 0.29) is 0 Å². The lowest BCUT2D eigenvalue weighted by atomic mass is 10.2. The number of aromatic nitrogens is 1. The van der Waals surface area contributed by atoms with Crippen molar-refractivity contribution in [2.24, 2.45) is 7.05 Å². The second kappa shape index (κ2) is 3.43. The maximum absolute atomic E-state index is 8.76. The van der Waals surface area contributed by atoms with E-state index in [9.17, 15) is 0 Å². The molecule has 0 saturated heterocycles. The molecule has 70 valence electrons. The molecule has 0 amide bonds. The third-order valence-corrected chi connectivity index (χ3v) is 2.28. The molecule has 0 radical (unpaired) electrons. The summed E-state index contributed by atoms with van der Waals surface area (Å²) in [7, 11) is 1.89. The molecule has 0 saturated carbocycles. The van der Waals surface area contributed by atoms with Crippen molar-refractivity contribution >= 4 is 0 Å². The summed E-state index contributed by atoms with van der Waals surface area (Å²) in [5, 5.41) is 8.76. The van der Waals surface area contributed by atoms with Crippen LogP contribution in [0.3, 0.4) is 0 Å². The van der Waals surface area contributed by atoms with Crippen molar-refractivity contribution in [3.05, 3.63) is 47.7 Å². The molecular formula is C11H10N2O. The fraction of sp³-hybridized carbons (Fsp3) is 0.182. The fourth-order valence-corrected chi connectivity index (χ4v) is 1.43. The Morgan fingerprint density at radius 2 is 2.29 bits per heavy atom. The molecule has 0 aromatic carbocycles. The first-order chi connectivity index (χ1) is 6.81. The zero-order valence-electron chi connectivity index (χ0n) is 7.90. The molecule has 2 heterocycles. The standard InChI is InChI=1S/C11H10N2O/c1-13-9(4-5-10(13)8-12)7-11-3-2-6-14-11/h2-6H,7H2,1H3. The van der Waals surface area contributed by atoms with Gasteiger partial charge in [0.25, 0.3) is 0 Å². The number of furan rings is 1. The Kier molecular flexibility index (Phi) is 2.11. The molecule has 0 unspecified atom stereocenters. The fourth-order valence-electron chi connectivity index (χ4n) is 1.43. The lowest BCUT2D eigenvalue weighted by Crippen LogP contribution is -1.98.